The first-order chi connectivity index (χ1) is 8.95. The lowest BCUT2D eigenvalue weighted by Gasteiger charge is -2.40. The van der Waals surface area contributed by atoms with E-state index in [4.69, 9.17) is 9.47 Å². The van der Waals surface area contributed by atoms with Gasteiger partial charge in [0, 0.05) is 6.04 Å². The number of hydrogen-bond donors (Lipinski definition) is 1. The van der Waals surface area contributed by atoms with Gasteiger partial charge in [-0.1, -0.05) is 20.8 Å². The fourth-order valence-corrected chi connectivity index (χ4v) is 4.33. The van der Waals surface area contributed by atoms with Gasteiger partial charge in [-0.05, 0) is 36.0 Å². The molecule has 3 rings (SSSR count). The minimum absolute atomic E-state index is 0.00859. The summed E-state index contributed by atoms with van der Waals surface area (Å²) in [6, 6.07) is 0.291. The van der Waals surface area contributed by atoms with Crippen LogP contribution in [0, 0.1) is 16.7 Å². The van der Waals surface area contributed by atoms with Crippen LogP contribution in [0.1, 0.15) is 40.0 Å². The molecule has 0 aromatic heterocycles. The van der Waals surface area contributed by atoms with Crippen LogP contribution >= 0.6 is 0 Å². The average Bonchev–Trinajstić information content (AvgIpc) is 2.73. The second kappa shape index (κ2) is 4.45. The maximum absolute atomic E-state index is 12.3. The van der Waals surface area contributed by atoms with Gasteiger partial charge < -0.3 is 14.8 Å². The van der Waals surface area contributed by atoms with E-state index in [0.717, 1.165) is 12.3 Å². The zero-order valence-electron chi connectivity index (χ0n) is 12.2. The van der Waals surface area contributed by atoms with Crippen molar-refractivity contribution in [2.45, 2.75) is 52.2 Å². The van der Waals surface area contributed by atoms with Crippen molar-refractivity contribution >= 4 is 5.91 Å². The summed E-state index contributed by atoms with van der Waals surface area (Å²) < 4.78 is 10.8. The summed E-state index contributed by atoms with van der Waals surface area (Å²) in [5, 5.41) is 3.23. The molecule has 1 saturated heterocycles. The van der Waals surface area contributed by atoms with E-state index in [-0.39, 0.29) is 11.3 Å². The highest BCUT2D eigenvalue weighted by Crippen LogP contribution is 2.65. The summed E-state index contributed by atoms with van der Waals surface area (Å²) in [4.78, 5) is 12.3. The molecule has 2 saturated carbocycles. The molecule has 4 nitrogen and oxygen atoms in total. The molecule has 4 atom stereocenters. The zero-order chi connectivity index (χ0) is 13.7. The van der Waals surface area contributed by atoms with Crippen molar-refractivity contribution in [3.63, 3.8) is 0 Å². The van der Waals surface area contributed by atoms with Gasteiger partial charge in [0.15, 0.2) is 6.10 Å². The van der Waals surface area contributed by atoms with Crippen molar-refractivity contribution in [2.24, 2.45) is 16.7 Å². The normalized spacial score (nSPS) is 44.3. The van der Waals surface area contributed by atoms with Crippen molar-refractivity contribution < 1.29 is 14.3 Å². The minimum atomic E-state index is -0.417. The Balaban J connectivity index is 1.66. The second-order valence-corrected chi connectivity index (χ2v) is 7.11. The highest BCUT2D eigenvalue weighted by atomic mass is 16.6. The van der Waals surface area contributed by atoms with E-state index in [1.807, 2.05) is 0 Å². The smallest absolute Gasteiger partial charge is 0.251 e. The predicted octanol–water partition coefficient (Wildman–Crippen LogP) is 1.73. The molecular weight excluding hydrogens is 242 g/mol. The number of hydrogen-bond acceptors (Lipinski definition) is 3. The van der Waals surface area contributed by atoms with Crippen LogP contribution in [-0.2, 0) is 14.3 Å². The Hall–Kier alpha value is -0.610. The summed E-state index contributed by atoms with van der Waals surface area (Å²) in [6.07, 6.45) is 3.22. The van der Waals surface area contributed by atoms with E-state index >= 15 is 0 Å². The summed E-state index contributed by atoms with van der Waals surface area (Å²) in [5.41, 5.74) is 0.553. The van der Waals surface area contributed by atoms with E-state index in [9.17, 15) is 4.79 Å². The van der Waals surface area contributed by atoms with Crippen LogP contribution in [-0.4, -0.2) is 37.9 Å². The molecule has 3 fully saturated rings. The van der Waals surface area contributed by atoms with Crippen molar-refractivity contribution in [2.75, 3.05) is 19.8 Å². The molecule has 2 bridgehead atoms. The monoisotopic (exact) mass is 267 g/mol. The molecule has 1 N–H and O–H groups in total. The lowest BCUT2D eigenvalue weighted by Crippen LogP contribution is -2.52. The van der Waals surface area contributed by atoms with Gasteiger partial charge in [-0.15, -0.1) is 0 Å². The molecule has 19 heavy (non-hydrogen) atoms. The molecule has 1 aliphatic heterocycles. The van der Waals surface area contributed by atoms with Gasteiger partial charge in [0.25, 0.3) is 5.91 Å². The predicted molar refractivity (Wildman–Crippen MR) is 71.7 cm³/mol. The topological polar surface area (TPSA) is 47.6 Å². The molecule has 0 unspecified atom stereocenters. The van der Waals surface area contributed by atoms with Gasteiger partial charge >= 0.3 is 0 Å². The number of rotatable bonds is 2. The SMILES string of the molecule is CC1(C)[C@H]2CC[C@@]1(C)[C@@H](NC(=O)[C@H]1COCCO1)C2. The summed E-state index contributed by atoms with van der Waals surface area (Å²) >= 11 is 0. The molecule has 3 aliphatic rings. The Morgan fingerprint density at radius 2 is 2.05 bits per heavy atom. The van der Waals surface area contributed by atoms with Crippen LogP contribution in [0.25, 0.3) is 0 Å². The number of carbonyl (C=O) groups is 1. The van der Waals surface area contributed by atoms with E-state index in [1.54, 1.807) is 0 Å². The fraction of sp³-hybridized carbons (Fsp3) is 0.933. The Morgan fingerprint density at radius 1 is 1.26 bits per heavy atom. The molecule has 0 aromatic rings. The Kier molecular flexibility index (Phi) is 3.13. The third kappa shape index (κ3) is 1.91. The van der Waals surface area contributed by atoms with Gasteiger partial charge in [-0.2, -0.15) is 0 Å². The summed E-state index contributed by atoms with van der Waals surface area (Å²) in [5.74, 6) is 0.751. The molecule has 2 aliphatic carbocycles. The molecular formula is C15H25NO3. The second-order valence-electron chi connectivity index (χ2n) is 7.11. The summed E-state index contributed by atoms with van der Waals surface area (Å²) in [6.45, 7) is 8.56. The van der Waals surface area contributed by atoms with Crippen LogP contribution < -0.4 is 5.32 Å². The maximum atomic E-state index is 12.3. The standard InChI is InChI=1S/C15H25NO3/c1-14(2)10-4-5-15(14,3)12(8-10)16-13(17)11-9-18-6-7-19-11/h10-12H,4-9H2,1-3H3,(H,16,17)/t10-,11+,12-,15-/m0/s1. The van der Waals surface area contributed by atoms with E-state index in [2.05, 4.69) is 26.1 Å². The Labute approximate surface area is 115 Å². The largest absolute Gasteiger partial charge is 0.376 e. The fourth-order valence-electron chi connectivity index (χ4n) is 4.33. The molecule has 1 heterocycles. The number of fused-ring (bicyclic) bond motifs is 2. The van der Waals surface area contributed by atoms with Crippen LogP contribution in [0.4, 0.5) is 0 Å². The number of amides is 1. The first-order valence-electron chi connectivity index (χ1n) is 7.45. The van der Waals surface area contributed by atoms with Gasteiger partial charge in [-0.3, -0.25) is 4.79 Å². The minimum Gasteiger partial charge on any atom is -0.376 e. The van der Waals surface area contributed by atoms with E-state index in [1.165, 1.54) is 12.8 Å². The molecule has 108 valence electrons. The molecule has 1 amide bonds. The van der Waals surface area contributed by atoms with Crippen molar-refractivity contribution in [1.29, 1.82) is 0 Å². The highest BCUT2D eigenvalue weighted by Gasteiger charge is 2.61. The van der Waals surface area contributed by atoms with Crippen LogP contribution in [0.5, 0.6) is 0 Å². The maximum Gasteiger partial charge on any atom is 0.251 e. The Morgan fingerprint density at radius 3 is 2.58 bits per heavy atom. The van der Waals surface area contributed by atoms with Gasteiger partial charge in [0.1, 0.15) is 0 Å². The first kappa shape index (κ1) is 13.4. The van der Waals surface area contributed by atoms with Crippen LogP contribution in [0.2, 0.25) is 0 Å². The van der Waals surface area contributed by atoms with E-state index in [0.29, 0.717) is 31.3 Å². The van der Waals surface area contributed by atoms with Crippen molar-refractivity contribution in [3.05, 3.63) is 0 Å². The third-order valence-corrected chi connectivity index (χ3v) is 6.22. The Bertz CT molecular complexity index is 376. The molecule has 4 heteroatoms. The highest BCUT2D eigenvalue weighted by molar-refractivity contribution is 5.81. The molecule has 0 spiro atoms. The lowest BCUT2D eigenvalue weighted by molar-refractivity contribution is -0.149. The van der Waals surface area contributed by atoms with Gasteiger partial charge in [-0.25, -0.2) is 0 Å². The number of ether oxygens (including phenoxy) is 2. The zero-order valence-corrected chi connectivity index (χ0v) is 12.2. The van der Waals surface area contributed by atoms with Crippen LogP contribution in [0.3, 0.4) is 0 Å². The third-order valence-electron chi connectivity index (χ3n) is 6.22. The molecule has 0 radical (unpaired) electrons. The summed E-state index contributed by atoms with van der Waals surface area (Å²) in [7, 11) is 0. The number of nitrogens with one attached hydrogen (secondary N) is 1. The average molecular weight is 267 g/mol. The van der Waals surface area contributed by atoms with Gasteiger partial charge in [0.2, 0.25) is 0 Å². The lowest BCUT2D eigenvalue weighted by atomic mass is 9.69. The van der Waals surface area contributed by atoms with E-state index < -0.39 is 6.10 Å². The van der Waals surface area contributed by atoms with Crippen molar-refractivity contribution in [3.8, 4) is 0 Å². The number of carbonyl (C=O) groups excluding carboxylic acids is 1. The van der Waals surface area contributed by atoms with Crippen LogP contribution in [0.15, 0.2) is 0 Å². The molecule has 0 aromatic carbocycles. The van der Waals surface area contributed by atoms with Crippen molar-refractivity contribution in [1.82, 2.24) is 5.32 Å². The first-order valence-corrected chi connectivity index (χ1v) is 7.45. The quantitative estimate of drug-likeness (QED) is 0.829. The van der Waals surface area contributed by atoms with Gasteiger partial charge in [0.05, 0.1) is 19.8 Å².